The highest BCUT2D eigenvalue weighted by Crippen LogP contribution is 2.31. The van der Waals surface area contributed by atoms with Gasteiger partial charge in [-0.3, -0.25) is 0 Å². The number of hydrogen-bond donors (Lipinski definition) is 0. The first kappa shape index (κ1) is 11.1. The summed E-state index contributed by atoms with van der Waals surface area (Å²) in [5.74, 6) is 0. The molecular weight excluding hydrogens is 272 g/mol. The van der Waals surface area contributed by atoms with E-state index < -0.39 is 0 Å². The summed E-state index contributed by atoms with van der Waals surface area (Å²) < 4.78 is 8.06. The molecule has 0 aliphatic carbocycles. The number of benzene rings is 1. The number of rotatable bonds is 3. The molecule has 0 amide bonds. The lowest BCUT2D eigenvalue weighted by molar-refractivity contribution is 0.0675. The second-order valence-corrected chi connectivity index (χ2v) is 5.75. The standard InChI is InChI=1S/C12H13BrOS/c1-8(2)14-7-9-6-10-11(13)4-3-5-12(10)15-9/h3-6,8H,7H2,1-2H3. The fraction of sp³-hybridized carbons (Fsp3) is 0.333. The average molecular weight is 285 g/mol. The van der Waals surface area contributed by atoms with Crippen LogP contribution in [0.3, 0.4) is 0 Å². The van der Waals surface area contributed by atoms with Gasteiger partial charge in [0.25, 0.3) is 0 Å². The van der Waals surface area contributed by atoms with Crippen molar-refractivity contribution in [2.24, 2.45) is 0 Å². The van der Waals surface area contributed by atoms with Gasteiger partial charge in [-0.05, 0) is 32.0 Å². The maximum atomic E-state index is 5.59. The minimum atomic E-state index is 0.290. The summed E-state index contributed by atoms with van der Waals surface area (Å²) in [6, 6.07) is 8.48. The molecule has 15 heavy (non-hydrogen) atoms. The van der Waals surface area contributed by atoms with Gasteiger partial charge in [0, 0.05) is 19.4 Å². The summed E-state index contributed by atoms with van der Waals surface area (Å²) in [6.07, 6.45) is 0.290. The van der Waals surface area contributed by atoms with Gasteiger partial charge in [-0.1, -0.05) is 22.0 Å². The van der Waals surface area contributed by atoms with Crippen LogP contribution in [-0.2, 0) is 11.3 Å². The van der Waals surface area contributed by atoms with Crippen molar-refractivity contribution in [3.05, 3.63) is 33.6 Å². The lowest BCUT2D eigenvalue weighted by Gasteiger charge is -2.04. The summed E-state index contributed by atoms with van der Waals surface area (Å²) in [5, 5.41) is 1.28. The molecule has 2 rings (SSSR count). The fourth-order valence-corrected chi connectivity index (χ4v) is 3.02. The Bertz CT molecular complexity index is 462. The second kappa shape index (κ2) is 4.64. The molecule has 0 unspecified atom stereocenters. The van der Waals surface area contributed by atoms with Gasteiger partial charge >= 0.3 is 0 Å². The zero-order valence-electron chi connectivity index (χ0n) is 8.79. The van der Waals surface area contributed by atoms with Gasteiger partial charge in [-0.2, -0.15) is 0 Å². The number of thiophene rings is 1. The van der Waals surface area contributed by atoms with Gasteiger partial charge < -0.3 is 4.74 Å². The first-order valence-corrected chi connectivity index (χ1v) is 6.56. The van der Waals surface area contributed by atoms with Crippen LogP contribution >= 0.6 is 27.3 Å². The maximum Gasteiger partial charge on any atom is 0.0813 e. The van der Waals surface area contributed by atoms with Crippen LogP contribution in [0, 0.1) is 0 Å². The molecule has 0 atom stereocenters. The minimum absolute atomic E-state index is 0.290. The summed E-state index contributed by atoms with van der Waals surface area (Å²) >= 11 is 5.35. The van der Waals surface area contributed by atoms with Gasteiger partial charge in [0.2, 0.25) is 0 Å². The highest BCUT2D eigenvalue weighted by molar-refractivity contribution is 9.10. The molecule has 2 aromatic rings. The van der Waals surface area contributed by atoms with Crippen LogP contribution in [0.5, 0.6) is 0 Å². The molecule has 3 heteroatoms. The lowest BCUT2D eigenvalue weighted by atomic mass is 10.2. The Morgan fingerprint density at radius 2 is 2.20 bits per heavy atom. The van der Waals surface area contributed by atoms with Gasteiger partial charge in [0.15, 0.2) is 0 Å². The molecule has 1 nitrogen and oxygen atoms in total. The molecule has 0 aliphatic heterocycles. The normalized spacial score (nSPS) is 11.5. The van der Waals surface area contributed by atoms with Crippen LogP contribution in [0.4, 0.5) is 0 Å². The zero-order chi connectivity index (χ0) is 10.8. The minimum Gasteiger partial charge on any atom is -0.373 e. The summed E-state index contributed by atoms with van der Waals surface area (Å²) in [5.41, 5.74) is 0. The Morgan fingerprint density at radius 3 is 2.87 bits per heavy atom. The van der Waals surface area contributed by atoms with Crippen LogP contribution in [-0.4, -0.2) is 6.10 Å². The first-order valence-electron chi connectivity index (χ1n) is 4.95. The molecule has 1 aromatic carbocycles. The molecule has 1 heterocycles. The zero-order valence-corrected chi connectivity index (χ0v) is 11.2. The van der Waals surface area contributed by atoms with E-state index in [2.05, 4.69) is 54.0 Å². The van der Waals surface area contributed by atoms with Gasteiger partial charge in [0.05, 0.1) is 12.7 Å². The largest absolute Gasteiger partial charge is 0.373 e. The molecule has 0 spiro atoms. The predicted octanol–water partition coefficient (Wildman–Crippen LogP) is 4.59. The Morgan fingerprint density at radius 1 is 1.40 bits per heavy atom. The SMILES string of the molecule is CC(C)OCc1cc2c(Br)cccc2s1. The predicted molar refractivity (Wildman–Crippen MR) is 69.5 cm³/mol. The van der Waals surface area contributed by atoms with Crippen LogP contribution < -0.4 is 0 Å². The smallest absolute Gasteiger partial charge is 0.0813 e. The summed E-state index contributed by atoms with van der Waals surface area (Å²) in [4.78, 5) is 1.28. The van der Waals surface area contributed by atoms with Crippen molar-refractivity contribution in [2.45, 2.75) is 26.6 Å². The van der Waals surface area contributed by atoms with E-state index in [0.29, 0.717) is 12.7 Å². The maximum absolute atomic E-state index is 5.59. The molecule has 0 N–H and O–H groups in total. The first-order chi connectivity index (χ1) is 7.16. The second-order valence-electron chi connectivity index (χ2n) is 3.72. The fourth-order valence-electron chi connectivity index (χ4n) is 1.40. The Kier molecular flexibility index (Phi) is 3.44. The Hall–Kier alpha value is -0.380. The highest BCUT2D eigenvalue weighted by Gasteiger charge is 2.05. The third-order valence-electron chi connectivity index (χ3n) is 2.12. The van der Waals surface area contributed by atoms with Crippen molar-refractivity contribution in [1.82, 2.24) is 0 Å². The van der Waals surface area contributed by atoms with Crippen LogP contribution in [0.1, 0.15) is 18.7 Å². The Balaban J connectivity index is 2.27. The number of halogens is 1. The van der Waals surface area contributed by atoms with Crippen LogP contribution in [0.15, 0.2) is 28.7 Å². The molecule has 0 aliphatic rings. The van der Waals surface area contributed by atoms with E-state index in [1.165, 1.54) is 15.0 Å². The van der Waals surface area contributed by atoms with Crippen molar-refractivity contribution in [3.63, 3.8) is 0 Å². The van der Waals surface area contributed by atoms with Crippen molar-refractivity contribution >= 4 is 37.4 Å². The van der Waals surface area contributed by atoms with Crippen molar-refractivity contribution in [2.75, 3.05) is 0 Å². The number of fused-ring (bicyclic) bond motifs is 1. The molecule has 0 saturated carbocycles. The quantitative estimate of drug-likeness (QED) is 0.801. The molecule has 0 saturated heterocycles. The molecule has 0 radical (unpaired) electrons. The molecular formula is C12H13BrOS. The molecule has 1 aromatic heterocycles. The van der Waals surface area contributed by atoms with Crippen molar-refractivity contribution < 1.29 is 4.74 Å². The van der Waals surface area contributed by atoms with Gasteiger partial charge in [-0.25, -0.2) is 0 Å². The van der Waals surface area contributed by atoms with E-state index in [-0.39, 0.29) is 0 Å². The van der Waals surface area contributed by atoms with E-state index in [4.69, 9.17) is 4.74 Å². The molecule has 0 fully saturated rings. The summed E-state index contributed by atoms with van der Waals surface area (Å²) in [7, 11) is 0. The third-order valence-corrected chi connectivity index (χ3v) is 3.88. The topological polar surface area (TPSA) is 9.23 Å². The van der Waals surface area contributed by atoms with Gasteiger partial charge in [-0.15, -0.1) is 11.3 Å². The Labute approximate surface area is 102 Å². The van der Waals surface area contributed by atoms with E-state index >= 15 is 0 Å². The molecule has 80 valence electrons. The van der Waals surface area contributed by atoms with Crippen molar-refractivity contribution in [1.29, 1.82) is 0 Å². The highest BCUT2D eigenvalue weighted by atomic mass is 79.9. The van der Waals surface area contributed by atoms with E-state index in [9.17, 15) is 0 Å². The molecule has 0 bridgehead atoms. The van der Waals surface area contributed by atoms with Crippen LogP contribution in [0.25, 0.3) is 10.1 Å². The number of ether oxygens (including phenoxy) is 1. The van der Waals surface area contributed by atoms with Crippen LogP contribution in [0.2, 0.25) is 0 Å². The van der Waals surface area contributed by atoms with E-state index in [0.717, 1.165) is 4.47 Å². The van der Waals surface area contributed by atoms with Gasteiger partial charge in [0.1, 0.15) is 0 Å². The van der Waals surface area contributed by atoms with E-state index in [1.807, 2.05) is 0 Å². The van der Waals surface area contributed by atoms with Crippen molar-refractivity contribution in [3.8, 4) is 0 Å². The lowest BCUT2D eigenvalue weighted by Crippen LogP contribution is -2.00. The van der Waals surface area contributed by atoms with E-state index in [1.54, 1.807) is 11.3 Å². The average Bonchev–Trinajstić information content (AvgIpc) is 2.59. The number of hydrogen-bond acceptors (Lipinski definition) is 2. The monoisotopic (exact) mass is 284 g/mol. The summed E-state index contributed by atoms with van der Waals surface area (Å²) in [6.45, 7) is 4.83. The third kappa shape index (κ3) is 2.60.